The van der Waals surface area contributed by atoms with Gasteiger partial charge in [0, 0.05) is 5.56 Å². The maximum atomic E-state index is 11.9. The molecular formula is C14H16N2O6S. The Morgan fingerprint density at radius 1 is 1.30 bits per heavy atom. The van der Waals surface area contributed by atoms with Crippen molar-refractivity contribution in [2.45, 2.75) is 24.3 Å². The number of benzene rings is 1. The Morgan fingerprint density at radius 3 is 2.70 bits per heavy atom. The van der Waals surface area contributed by atoms with Gasteiger partial charge in [-0.1, -0.05) is 12.1 Å². The van der Waals surface area contributed by atoms with Gasteiger partial charge in [-0.25, -0.2) is 13.2 Å². The summed E-state index contributed by atoms with van der Waals surface area (Å²) in [5.41, 5.74) is 0.462. The number of hydrogen-bond acceptors (Lipinski definition) is 7. The van der Waals surface area contributed by atoms with E-state index in [4.69, 9.17) is 4.74 Å². The summed E-state index contributed by atoms with van der Waals surface area (Å²) in [5, 5.41) is 0. The van der Waals surface area contributed by atoms with E-state index >= 15 is 0 Å². The first kappa shape index (κ1) is 16.9. The van der Waals surface area contributed by atoms with E-state index in [9.17, 15) is 18.0 Å². The first-order valence-corrected chi connectivity index (χ1v) is 8.27. The molecule has 8 nitrogen and oxygen atoms in total. The highest BCUT2D eigenvalue weighted by molar-refractivity contribution is 7.90. The molecule has 2 rings (SSSR count). The number of amidine groups is 1. The molecule has 0 radical (unpaired) electrons. The summed E-state index contributed by atoms with van der Waals surface area (Å²) in [6.07, 6.45) is -1.08. The standard InChI is InChI=1S/C14H16N2O6S/c1-9(14(18)21-2)22-12(17)7-8-15-13-10-5-3-4-6-11(10)23(19,20)16-13/h3-6,9H,7-8H2,1-2H3,(H,15,16). The van der Waals surface area contributed by atoms with Crippen LogP contribution in [0.3, 0.4) is 0 Å². The molecule has 124 valence electrons. The van der Waals surface area contributed by atoms with Gasteiger partial charge in [0.2, 0.25) is 0 Å². The van der Waals surface area contributed by atoms with E-state index in [2.05, 4.69) is 14.5 Å². The zero-order valence-electron chi connectivity index (χ0n) is 12.6. The number of carbonyl (C=O) groups excluding carboxylic acids is 2. The van der Waals surface area contributed by atoms with Crippen LogP contribution >= 0.6 is 0 Å². The van der Waals surface area contributed by atoms with Crippen molar-refractivity contribution in [3.05, 3.63) is 29.8 Å². The molecule has 1 unspecified atom stereocenters. The van der Waals surface area contributed by atoms with Crippen molar-refractivity contribution >= 4 is 27.8 Å². The number of methoxy groups -OCH3 is 1. The molecule has 1 N–H and O–H groups in total. The number of esters is 2. The smallest absolute Gasteiger partial charge is 0.346 e. The molecule has 1 aromatic carbocycles. The van der Waals surface area contributed by atoms with Gasteiger partial charge < -0.3 is 9.47 Å². The van der Waals surface area contributed by atoms with Gasteiger partial charge in [0.25, 0.3) is 10.0 Å². The highest BCUT2D eigenvalue weighted by Gasteiger charge is 2.30. The molecule has 9 heteroatoms. The first-order chi connectivity index (χ1) is 10.8. The SMILES string of the molecule is COC(=O)C(C)OC(=O)CCN=C1NS(=O)(=O)c2ccccc21. The van der Waals surface area contributed by atoms with E-state index in [0.717, 1.165) is 0 Å². The number of sulfonamides is 1. The third-order valence-electron chi connectivity index (χ3n) is 3.09. The molecule has 1 aliphatic rings. The molecule has 1 atom stereocenters. The minimum Gasteiger partial charge on any atom is -0.466 e. The normalized spacial score (nSPS) is 17.9. The van der Waals surface area contributed by atoms with Gasteiger partial charge >= 0.3 is 11.9 Å². The fourth-order valence-electron chi connectivity index (χ4n) is 1.98. The van der Waals surface area contributed by atoms with Crippen molar-refractivity contribution in [2.75, 3.05) is 13.7 Å². The second kappa shape index (κ2) is 6.78. The molecule has 0 amide bonds. The molecular weight excluding hydrogens is 324 g/mol. The molecule has 1 heterocycles. The number of rotatable bonds is 5. The lowest BCUT2D eigenvalue weighted by Gasteiger charge is -2.10. The van der Waals surface area contributed by atoms with Crippen LogP contribution in [0.15, 0.2) is 34.2 Å². The lowest BCUT2D eigenvalue weighted by molar-refractivity contribution is -0.164. The zero-order chi connectivity index (χ0) is 17.0. The van der Waals surface area contributed by atoms with Gasteiger partial charge in [-0.15, -0.1) is 0 Å². The Morgan fingerprint density at radius 2 is 2.00 bits per heavy atom. The van der Waals surface area contributed by atoms with Crippen molar-refractivity contribution in [3.63, 3.8) is 0 Å². The highest BCUT2D eigenvalue weighted by atomic mass is 32.2. The second-order valence-corrected chi connectivity index (χ2v) is 6.39. The fourth-order valence-corrected chi connectivity index (χ4v) is 3.23. The van der Waals surface area contributed by atoms with Crippen LogP contribution in [0.2, 0.25) is 0 Å². The molecule has 0 aromatic heterocycles. The zero-order valence-corrected chi connectivity index (χ0v) is 13.4. The number of aliphatic imine (C=N–C) groups is 1. The predicted molar refractivity (Wildman–Crippen MR) is 80.4 cm³/mol. The number of carbonyl (C=O) groups is 2. The number of hydrogen-bond donors (Lipinski definition) is 1. The number of nitrogens with one attached hydrogen (secondary N) is 1. The molecule has 23 heavy (non-hydrogen) atoms. The van der Waals surface area contributed by atoms with Crippen molar-refractivity contribution in [2.24, 2.45) is 4.99 Å². The molecule has 0 bridgehead atoms. The van der Waals surface area contributed by atoms with Crippen LogP contribution in [-0.2, 0) is 29.1 Å². The topological polar surface area (TPSA) is 111 Å². The van der Waals surface area contributed by atoms with E-state index in [0.29, 0.717) is 5.56 Å². The van der Waals surface area contributed by atoms with Crippen molar-refractivity contribution in [1.82, 2.24) is 4.72 Å². The number of fused-ring (bicyclic) bond motifs is 1. The van der Waals surface area contributed by atoms with Crippen molar-refractivity contribution in [3.8, 4) is 0 Å². The molecule has 0 saturated carbocycles. The van der Waals surface area contributed by atoms with Crippen LogP contribution in [0.1, 0.15) is 18.9 Å². The minimum absolute atomic E-state index is 0.0267. The molecule has 0 saturated heterocycles. The van der Waals surface area contributed by atoms with Crippen LogP contribution < -0.4 is 4.72 Å². The molecule has 1 aliphatic heterocycles. The Hall–Kier alpha value is -2.42. The van der Waals surface area contributed by atoms with Gasteiger partial charge in [0.15, 0.2) is 6.10 Å². The summed E-state index contributed by atoms with van der Waals surface area (Å²) < 4.78 is 35.4. The number of nitrogens with zero attached hydrogens (tertiary/aromatic N) is 1. The largest absolute Gasteiger partial charge is 0.466 e. The van der Waals surface area contributed by atoms with Crippen molar-refractivity contribution in [1.29, 1.82) is 0 Å². The third-order valence-corrected chi connectivity index (χ3v) is 4.49. The average molecular weight is 340 g/mol. The maximum absolute atomic E-state index is 11.9. The van der Waals surface area contributed by atoms with Crippen LogP contribution in [0.25, 0.3) is 0 Å². The van der Waals surface area contributed by atoms with E-state index in [1.54, 1.807) is 18.2 Å². The maximum Gasteiger partial charge on any atom is 0.346 e. The van der Waals surface area contributed by atoms with Gasteiger partial charge in [-0.3, -0.25) is 14.5 Å². The van der Waals surface area contributed by atoms with Crippen LogP contribution in [0, 0.1) is 0 Å². The molecule has 0 aliphatic carbocycles. The van der Waals surface area contributed by atoms with Crippen LogP contribution in [0.5, 0.6) is 0 Å². The monoisotopic (exact) mass is 340 g/mol. The second-order valence-electron chi connectivity index (χ2n) is 4.74. The van der Waals surface area contributed by atoms with Crippen molar-refractivity contribution < 1.29 is 27.5 Å². The molecule has 0 fully saturated rings. The Labute approximate surface area is 133 Å². The Kier molecular flexibility index (Phi) is 4.99. The summed E-state index contributed by atoms with van der Waals surface area (Å²) in [6.45, 7) is 1.43. The summed E-state index contributed by atoms with van der Waals surface area (Å²) in [4.78, 5) is 27.0. The first-order valence-electron chi connectivity index (χ1n) is 6.79. The van der Waals surface area contributed by atoms with Gasteiger partial charge in [-0.2, -0.15) is 0 Å². The quantitative estimate of drug-likeness (QED) is 0.768. The third kappa shape index (κ3) is 3.86. The van der Waals surface area contributed by atoms with Gasteiger partial charge in [0.05, 0.1) is 25.0 Å². The van der Waals surface area contributed by atoms with Gasteiger partial charge in [0.1, 0.15) is 5.84 Å². The minimum atomic E-state index is -3.60. The highest BCUT2D eigenvalue weighted by Crippen LogP contribution is 2.22. The molecule has 1 aromatic rings. The van der Waals surface area contributed by atoms with E-state index in [1.165, 1.54) is 20.1 Å². The average Bonchev–Trinajstić information content (AvgIpc) is 2.78. The van der Waals surface area contributed by atoms with E-state index in [1.807, 2.05) is 0 Å². The summed E-state index contributed by atoms with van der Waals surface area (Å²) in [6, 6.07) is 6.42. The molecule has 0 spiro atoms. The van der Waals surface area contributed by atoms with Gasteiger partial charge in [-0.05, 0) is 19.1 Å². The summed E-state index contributed by atoms with van der Waals surface area (Å²) in [5.74, 6) is -1.09. The fraction of sp³-hybridized carbons (Fsp3) is 0.357. The summed E-state index contributed by atoms with van der Waals surface area (Å²) in [7, 11) is -2.40. The lowest BCUT2D eigenvalue weighted by Crippen LogP contribution is -2.26. The van der Waals surface area contributed by atoms with E-state index < -0.39 is 28.1 Å². The van der Waals surface area contributed by atoms with Crippen LogP contribution in [0.4, 0.5) is 0 Å². The summed E-state index contributed by atoms with van der Waals surface area (Å²) >= 11 is 0. The van der Waals surface area contributed by atoms with Crippen LogP contribution in [-0.4, -0.2) is 46.0 Å². The Balaban J connectivity index is 1.98. The lowest BCUT2D eigenvalue weighted by atomic mass is 10.2. The Bertz CT molecular complexity index is 756. The predicted octanol–water partition coefficient (Wildman–Crippen LogP) is 0.220. The van der Waals surface area contributed by atoms with E-state index in [-0.39, 0.29) is 23.7 Å². The number of ether oxygens (including phenoxy) is 2.